The van der Waals surface area contributed by atoms with E-state index in [1.54, 1.807) is 12.1 Å². The van der Waals surface area contributed by atoms with Gasteiger partial charge in [-0.05, 0) is 35.4 Å². The van der Waals surface area contributed by atoms with Crippen LogP contribution in [0.3, 0.4) is 0 Å². The molecule has 0 aliphatic carbocycles. The van der Waals surface area contributed by atoms with Crippen LogP contribution in [0.15, 0.2) is 60.9 Å². The second kappa shape index (κ2) is 6.03. The van der Waals surface area contributed by atoms with Crippen LogP contribution in [0.4, 0.5) is 10.8 Å². The molecule has 0 saturated carbocycles. The molecule has 0 radical (unpaired) electrons. The first-order chi connectivity index (χ1) is 12.1. The van der Waals surface area contributed by atoms with Gasteiger partial charge in [-0.2, -0.15) is 0 Å². The van der Waals surface area contributed by atoms with Crippen LogP contribution >= 0.6 is 11.3 Å². The number of rotatable bonds is 4. The van der Waals surface area contributed by atoms with Crippen molar-refractivity contribution < 1.29 is 4.92 Å². The molecule has 2 N–H and O–H groups in total. The molecule has 7 heteroatoms. The van der Waals surface area contributed by atoms with Crippen LogP contribution in [0.2, 0.25) is 0 Å². The van der Waals surface area contributed by atoms with Crippen molar-refractivity contribution in [3.8, 4) is 11.1 Å². The van der Waals surface area contributed by atoms with Gasteiger partial charge in [0, 0.05) is 36.6 Å². The minimum atomic E-state index is -0.389. The van der Waals surface area contributed by atoms with Crippen LogP contribution in [0, 0.1) is 10.1 Å². The molecule has 0 fully saturated rings. The number of fused-ring (bicyclic) bond motifs is 1. The number of hydrogen-bond donors (Lipinski definition) is 1. The van der Waals surface area contributed by atoms with E-state index in [4.69, 9.17) is 5.73 Å². The first-order valence-electron chi connectivity index (χ1n) is 7.65. The van der Waals surface area contributed by atoms with E-state index < -0.39 is 0 Å². The predicted octanol–water partition coefficient (Wildman–Crippen LogP) is 4.30. The Bertz CT molecular complexity index is 1070. The molecule has 0 aliphatic heterocycles. The summed E-state index contributed by atoms with van der Waals surface area (Å²) >= 11 is 1.42. The molecule has 0 spiro atoms. The highest BCUT2D eigenvalue weighted by Gasteiger charge is 2.14. The highest BCUT2D eigenvalue weighted by Crippen LogP contribution is 2.35. The van der Waals surface area contributed by atoms with Crippen LogP contribution in [0.25, 0.3) is 21.3 Å². The molecular formula is C18H14N4O2S. The van der Waals surface area contributed by atoms with Gasteiger partial charge in [0.05, 0.1) is 15.1 Å². The summed E-state index contributed by atoms with van der Waals surface area (Å²) in [5, 5.41) is 11.6. The number of nitrogen functional groups attached to an aromatic ring is 1. The zero-order valence-electron chi connectivity index (χ0n) is 13.1. The van der Waals surface area contributed by atoms with Crippen LogP contribution in [-0.2, 0) is 6.54 Å². The molecule has 0 saturated heterocycles. The third-order valence-corrected chi connectivity index (χ3v) is 4.80. The maximum absolute atomic E-state index is 11.1. The third-order valence-electron chi connectivity index (χ3n) is 3.97. The van der Waals surface area contributed by atoms with E-state index in [1.807, 2.05) is 36.7 Å². The van der Waals surface area contributed by atoms with E-state index in [-0.39, 0.29) is 10.6 Å². The average molecular weight is 350 g/mol. The maximum Gasteiger partial charge on any atom is 0.270 e. The molecule has 0 aliphatic rings. The van der Waals surface area contributed by atoms with E-state index in [0.717, 1.165) is 26.9 Å². The highest BCUT2D eigenvalue weighted by atomic mass is 32.1. The topological polar surface area (TPSA) is 87.0 Å². The summed E-state index contributed by atoms with van der Waals surface area (Å²) in [7, 11) is 0. The molecule has 0 atom stereocenters. The SMILES string of the molecule is Nc1nc2c(-c3cccc([N+](=O)[O-])c3)cc(Cn3cccc3)cc2s1. The number of aromatic nitrogens is 2. The zero-order valence-corrected chi connectivity index (χ0v) is 13.9. The third kappa shape index (κ3) is 2.97. The number of thiazole rings is 1. The number of benzene rings is 2. The van der Waals surface area contributed by atoms with Gasteiger partial charge in [-0.3, -0.25) is 10.1 Å². The molecule has 4 aromatic rings. The summed E-state index contributed by atoms with van der Waals surface area (Å²) in [5.41, 5.74) is 9.44. The van der Waals surface area contributed by atoms with Crippen molar-refractivity contribution >= 4 is 32.4 Å². The normalized spacial score (nSPS) is 11.0. The Hall–Kier alpha value is -3.19. The van der Waals surface area contributed by atoms with E-state index in [0.29, 0.717) is 11.7 Å². The van der Waals surface area contributed by atoms with Crippen molar-refractivity contribution in [3.63, 3.8) is 0 Å². The molecule has 2 aromatic heterocycles. The standard InChI is InChI=1S/C18H14N4O2S/c19-18-20-17-15(13-4-3-5-14(10-13)22(23)24)8-12(9-16(17)25-18)11-21-6-1-2-7-21/h1-10H,11H2,(H2,19,20). The van der Waals surface area contributed by atoms with Crippen molar-refractivity contribution in [1.82, 2.24) is 9.55 Å². The quantitative estimate of drug-likeness (QED) is 0.439. The summed E-state index contributed by atoms with van der Waals surface area (Å²) < 4.78 is 3.05. The van der Waals surface area contributed by atoms with Crippen LogP contribution in [0.5, 0.6) is 0 Å². The van der Waals surface area contributed by atoms with Gasteiger partial charge >= 0.3 is 0 Å². The van der Waals surface area contributed by atoms with Gasteiger partial charge in [0.2, 0.25) is 0 Å². The van der Waals surface area contributed by atoms with Gasteiger partial charge in [-0.15, -0.1) is 0 Å². The average Bonchev–Trinajstić information content (AvgIpc) is 3.22. The fraction of sp³-hybridized carbons (Fsp3) is 0.0556. The van der Waals surface area contributed by atoms with Crippen LogP contribution < -0.4 is 5.73 Å². The molecule has 0 bridgehead atoms. The molecule has 2 aromatic carbocycles. The Morgan fingerprint density at radius 2 is 1.96 bits per heavy atom. The number of anilines is 1. The molecule has 2 heterocycles. The predicted molar refractivity (Wildman–Crippen MR) is 99.7 cm³/mol. The largest absolute Gasteiger partial charge is 0.375 e. The Kier molecular flexibility index (Phi) is 3.70. The fourth-order valence-corrected chi connectivity index (χ4v) is 3.71. The van der Waals surface area contributed by atoms with Crippen molar-refractivity contribution in [2.24, 2.45) is 0 Å². The van der Waals surface area contributed by atoms with Crippen LogP contribution in [-0.4, -0.2) is 14.5 Å². The van der Waals surface area contributed by atoms with E-state index >= 15 is 0 Å². The van der Waals surface area contributed by atoms with Crippen LogP contribution in [0.1, 0.15) is 5.56 Å². The van der Waals surface area contributed by atoms with E-state index in [9.17, 15) is 10.1 Å². The fourth-order valence-electron chi connectivity index (χ4n) is 2.89. The lowest BCUT2D eigenvalue weighted by Crippen LogP contribution is -1.97. The first-order valence-corrected chi connectivity index (χ1v) is 8.46. The number of hydrogen-bond acceptors (Lipinski definition) is 5. The second-order valence-electron chi connectivity index (χ2n) is 5.71. The van der Waals surface area contributed by atoms with E-state index in [2.05, 4.69) is 15.6 Å². The lowest BCUT2D eigenvalue weighted by Gasteiger charge is -2.08. The molecule has 124 valence electrons. The number of nitrogens with zero attached hydrogens (tertiary/aromatic N) is 3. The molecule has 4 rings (SSSR count). The monoisotopic (exact) mass is 350 g/mol. The minimum absolute atomic E-state index is 0.0599. The maximum atomic E-state index is 11.1. The number of non-ortho nitro benzene ring substituents is 1. The Morgan fingerprint density at radius 1 is 1.16 bits per heavy atom. The first kappa shape index (κ1) is 15.3. The van der Waals surface area contributed by atoms with Gasteiger partial charge in [-0.1, -0.05) is 23.5 Å². The summed E-state index contributed by atoms with van der Waals surface area (Å²) in [6.45, 7) is 0.711. The second-order valence-corrected chi connectivity index (χ2v) is 6.77. The van der Waals surface area contributed by atoms with Gasteiger partial charge < -0.3 is 10.3 Å². The Labute approximate surface area is 147 Å². The molecule has 0 unspecified atom stereocenters. The van der Waals surface area contributed by atoms with Crippen molar-refractivity contribution in [3.05, 3.63) is 76.6 Å². The Balaban J connectivity index is 1.89. The lowest BCUT2D eigenvalue weighted by molar-refractivity contribution is -0.384. The van der Waals surface area contributed by atoms with Gasteiger partial charge in [0.15, 0.2) is 5.13 Å². The van der Waals surface area contributed by atoms with Gasteiger partial charge in [0.25, 0.3) is 5.69 Å². The molecular weight excluding hydrogens is 336 g/mol. The Morgan fingerprint density at radius 3 is 2.72 bits per heavy atom. The highest BCUT2D eigenvalue weighted by molar-refractivity contribution is 7.22. The molecule has 25 heavy (non-hydrogen) atoms. The summed E-state index contributed by atoms with van der Waals surface area (Å²) in [5.74, 6) is 0. The summed E-state index contributed by atoms with van der Waals surface area (Å²) in [6.07, 6.45) is 4.00. The van der Waals surface area contributed by atoms with Crippen molar-refractivity contribution in [1.29, 1.82) is 0 Å². The minimum Gasteiger partial charge on any atom is -0.375 e. The smallest absolute Gasteiger partial charge is 0.270 e. The van der Waals surface area contributed by atoms with Gasteiger partial charge in [-0.25, -0.2) is 4.98 Å². The molecule has 6 nitrogen and oxygen atoms in total. The zero-order chi connectivity index (χ0) is 17.4. The van der Waals surface area contributed by atoms with Crippen molar-refractivity contribution in [2.45, 2.75) is 6.54 Å². The summed E-state index contributed by atoms with van der Waals surface area (Å²) in [6, 6.07) is 14.7. The van der Waals surface area contributed by atoms with Gasteiger partial charge in [0.1, 0.15) is 0 Å². The molecule has 0 amide bonds. The lowest BCUT2D eigenvalue weighted by atomic mass is 10.0. The van der Waals surface area contributed by atoms with Crippen molar-refractivity contribution in [2.75, 3.05) is 5.73 Å². The number of nitro benzene ring substituents is 1. The number of nitro groups is 1. The summed E-state index contributed by atoms with van der Waals surface area (Å²) in [4.78, 5) is 15.1. The number of nitrogens with two attached hydrogens (primary N) is 1. The van der Waals surface area contributed by atoms with E-state index in [1.165, 1.54) is 17.4 Å².